The van der Waals surface area contributed by atoms with Crippen LogP contribution in [0.2, 0.25) is 0 Å². The monoisotopic (exact) mass is 300 g/mol. The summed E-state index contributed by atoms with van der Waals surface area (Å²) in [6.07, 6.45) is -1.11. The summed E-state index contributed by atoms with van der Waals surface area (Å²) in [5, 5.41) is 9.06. The van der Waals surface area contributed by atoms with Crippen molar-refractivity contribution in [3.63, 3.8) is 0 Å². The molecule has 0 amide bonds. The third-order valence-corrected chi connectivity index (χ3v) is 3.13. The van der Waals surface area contributed by atoms with Gasteiger partial charge in [0, 0.05) is 5.56 Å². The molecule has 6 heteroatoms. The number of hydrogen-bond acceptors (Lipinski definition) is 4. The van der Waals surface area contributed by atoms with Crippen LogP contribution in [0.1, 0.15) is 17.2 Å². The van der Waals surface area contributed by atoms with Gasteiger partial charge in [0.05, 0.1) is 13.7 Å². The molecule has 0 aliphatic rings. The maximum atomic E-state index is 14.0. The number of hydrogen-bond donors (Lipinski definition) is 1. The molecular weight excluding hydrogens is 286 g/mol. The number of aliphatic hydroxyl groups excluding tert-OH is 1. The quantitative estimate of drug-likeness (QED) is 0.670. The molecule has 0 saturated carbocycles. The normalized spacial score (nSPS) is 11.8. The van der Waals surface area contributed by atoms with Crippen molar-refractivity contribution in [1.29, 1.82) is 0 Å². The molecule has 0 fully saturated rings. The highest BCUT2D eigenvalue weighted by Crippen LogP contribution is 2.25. The fraction of sp³-hybridized carbons (Fsp3) is 0.188. The van der Waals surface area contributed by atoms with Gasteiger partial charge < -0.3 is 14.6 Å². The Morgan fingerprint density at radius 1 is 1.32 bits per heavy atom. The molecule has 2 aromatic rings. The van der Waals surface area contributed by atoms with Crippen molar-refractivity contribution in [1.82, 2.24) is 0 Å². The summed E-state index contributed by atoms with van der Waals surface area (Å²) in [7, 11) is 6.92. The SMILES string of the molecule is [B]c1cc(OC(C(=O)OC)c2ccccc2)c(F)cc1CO. The number of carbonyl (C=O) groups is 1. The molecule has 22 heavy (non-hydrogen) atoms. The summed E-state index contributed by atoms with van der Waals surface area (Å²) in [6, 6.07) is 10.9. The largest absolute Gasteiger partial charge is 0.471 e. The molecule has 0 aromatic heterocycles. The molecule has 1 N–H and O–H groups in total. The first-order chi connectivity index (χ1) is 10.6. The molecule has 0 aliphatic heterocycles. The van der Waals surface area contributed by atoms with E-state index in [0.29, 0.717) is 5.56 Å². The minimum Gasteiger partial charge on any atom is -0.471 e. The smallest absolute Gasteiger partial charge is 0.351 e. The topological polar surface area (TPSA) is 55.8 Å². The lowest BCUT2D eigenvalue weighted by Gasteiger charge is -2.18. The fourth-order valence-corrected chi connectivity index (χ4v) is 1.95. The van der Waals surface area contributed by atoms with Crippen molar-refractivity contribution in [3.8, 4) is 5.75 Å². The molecule has 0 bridgehead atoms. The van der Waals surface area contributed by atoms with Crippen molar-refractivity contribution < 1.29 is 23.8 Å². The molecule has 2 radical (unpaired) electrons. The molecule has 112 valence electrons. The lowest BCUT2D eigenvalue weighted by molar-refractivity contribution is -0.149. The maximum absolute atomic E-state index is 14.0. The van der Waals surface area contributed by atoms with Gasteiger partial charge in [0.2, 0.25) is 6.10 Å². The van der Waals surface area contributed by atoms with E-state index in [1.54, 1.807) is 30.3 Å². The van der Waals surface area contributed by atoms with Crippen LogP contribution >= 0.6 is 0 Å². The highest BCUT2D eigenvalue weighted by molar-refractivity contribution is 6.33. The van der Waals surface area contributed by atoms with Gasteiger partial charge in [0.15, 0.2) is 11.6 Å². The minimum atomic E-state index is -1.11. The molecule has 1 atom stereocenters. The maximum Gasteiger partial charge on any atom is 0.351 e. The van der Waals surface area contributed by atoms with Gasteiger partial charge in [-0.2, -0.15) is 0 Å². The average molecular weight is 300 g/mol. The second-order valence-electron chi connectivity index (χ2n) is 4.57. The Balaban J connectivity index is 2.36. The predicted octanol–water partition coefficient (Wildman–Crippen LogP) is 1.40. The van der Waals surface area contributed by atoms with E-state index in [-0.39, 0.29) is 23.4 Å². The second-order valence-corrected chi connectivity index (χ2v) is 4.57. The number of carbonyl (C=O) groups excluding carboxylic acids is 1. The van der Waals surface area contributed by atoms with E-state index in [2.05, 4.69) is 0 Å². The van der Waals surface area contributed by atoms with Crippen molar-refractivity contribution in [2.45, 2.75) is 12.7 Å². The molecule has 0 heterocycles. The summed E-state index contributed by atoms with van der Waals surface area (Å²) in [6.45, 7) is -0.387. The second kappa shape index (κ2) is 7.09. The number of methoxy groups -OCH3 is 1. The summed E-state index contributed by atoms with van der Waals surface area (Å²) >= 11 is 0. The van der Waals surface area contributed by atoms with Crippen LogP contribution < -0.4 is 10.2 Å². The van der Waals surface area contributed by atoms with Crippen LogP contribution in [0, 0.1) is 5.82 Å². The first-order valence-corrected chi connectivity index (χ1v) is 6.55. The highest BCUT2D eigenvalue weighted by Gasteiger charge is 2.25. The van der Waals surface area contributed by atoms with E-state index >= 15 is 0 Å². The summed E-state index contributed by atoms with van der Waals surface area (Å²) < 4.78 is 24.2. The Morgan fingerprint density at radius 3 is 2.59 bits per heavy atom. The molecule has 0 aliphatic carbocycles. The average Bonchev–Trinajstić information content (AvgIpc) is 2.55. The Labute approximate surface area is 128 Å². The number of halogens is 1. The van der Waals surface area contributed by atoms with E-state index in [0.717, 1.165) is 6.07 Å². The Kier molecular flexibility index (Phi) is 5.17. The molecule has 2 rings (SSSR count). The van der Waals surface area contributed by atoms with Crippen LogP contribution in [0.5, 0.6) is 5.75 Å². The van der Waals surface area contributed by atoms with Crippen LogP contribution in [0.15, 0.2) is 42.5 Å². The van der Waals surface area contributed by atoms with E-state index in [1.807, 2.05) is 0 Å². The standard InChI is InChI=1S/C16H14BFO4/c1-21-16(20)15(10-5-3-2-4-6-10)22-14-8-12(17)11(9-19)7-13(14)18/h2-8,15,19H,9H2,1H3. The Hall–Kier alpha value is -2.34. The number of rotatable bonds is 5. The van der Waals surface area contributed by atoms with E-state index < -0.39 is 17.9 Å². The number of benzene rings is 2. The van der Waals surface area contributed by atoms with Gasteiger partial charge in [0.25, 0.3) is 0 Å². The summed E-state index contributed by atoms with van der Waals surface area (Å²) in [5.74, 6) is -1.56. The summed E-state index contributed by atoms with van der Waals surface area (Å²) in [4.78, 5) is 11.9. The van der Waals surface area contributed by atoms with E-state index in [4.69, 9.17) is 22.4 Å². The van der Waals surface area contributed by atoms with Crippen molar-refractivity contribution in [3.05, 3.63) is 59.4 Å². The Bertz CT molecular complexity index is 661. The van der Waals surface area contributed by atoms with Crippen LogP contribution in [-0.4, -0.2) is 26.0 Å². The zero-order valence-electron chi connectivity index (χ0n) is 12.0. The molecule has 0 saturated heterocycles. The van der Waals surface area contributed by atoms with Crippen molar-refractivity contribution >= 4 is 19.3 Å². The fourth-order valence-electron chi connectivity index (χ4n) is 1.95. The van der Waals surface area contributed by atoms with Crippen molar-refractivity contribution in [2.75, 3.05) is 7.11 Å². The van der Waals surface area contributed by atoms with Gasteiger partial charge in [-0.05, 0) is 17.7 Å². The number of aliphatic hydroxyl groups is 1. The third-order valence-electron chi connectivity index (χ3n) is 3.13. The van der Waals surface area contributed by atoms with E-state index in [9.17, 15) is 9.18 Å². The first kappa shape index (κ1) is 16.0. The summed E-state index contributed by atoms with van der Waals surface area (Å²) in [5.41, 5.74) is 0.952. The van der Waals surface area contributed by atoms with Gasteiger partial charge in [-0.1, -0.05) is 35.8 Å². The highest BCUT2D eigenvalue weighted by atomic mass is 19.1. The zero-order chi connectivity index (χ0) is 16.1. The Morgan fingerprint density at radius 2 is 2.00 bits per heavy atom. The van der Waals surface area contributed by atoms with Gasteiger partial charge in [-0.15, -0.1) is 0 Å². The third kappa shape index (κ3) is 3.46. The molecule has 1 unspecified atom stereocenters. The van der Waals surface area contributed by atoms with E-state index in [1.165, 1.54) is 13.2 Å². The van der Waals surface area contributed by atoms with Crippen LogP contribution in [0.3, 0.4) is 0 Å². The lowest BCUT2D eigenvalue weighted by Crippen LogP contribution is -2.22. The minimum absolute atomic E-state index is 0.176. The zero-order valence-corrected chi connectivity index (χ0v) is 12.0. The van der Waals surface area contributed by atoms with Gasteiger partial charge >= 0.3 is 5.97 Å². The van der Waals surface area contributed by atoms with Crippen LogP contribution in [-0.2, 0) is 16.1 Å². The van der Waals surface area contributed by atoms with Gasteiger partial charge in [-0.25, -0.2) is 9.18 Å². The molecule has 0 spiro atoms. The molecule has 4 nitrogen and oxygen atoms in total. The van der Waals surface area contributed by atoms with Gasteiger partial charge in [-0.3, -0.25) is 0 Å². The van der Waals surface area contributed by atoms with Gasteiger partial charge in [0.1, 0.15) is 7.85 Å². The molecule has 2 aromatic carbocycles. The predicted molar refractivity (Wildman–Crippen MR) is 79.5 cm³/mol. The number of ether oxygens (including phenoxy) is 2. The van der Waals surface area contributed by atoms with Crippen molar-refractivity contribution in [2.24, 2.45) is 0 Å². The molecular formula is C16H14BFO4. The van der Waals surface area contributed by atoms with Crippen LogP contribution in [0.4, 0.5) is 4.39 Å². The first-order valence-electron chi connectivity index (χ1n) is 6.55. The lowest BCUT2D eigenvalue weighted by atomic mass is 9.90. The number of esters is 1. The van der Waals surface area contributed by atoms with Crippen LogP contribution in [0.25, 0.3) is 0 Å².